The van der Waals surface area contributed by atoms with Crippen molar-refractivity contribution in [3.63, 3.8) is 0 Å². The molecule has 1 unspecified atom stereocenters. The van der Waals surface area contributed by atoms with E-state index in [9.17, 15) is 14.4 Å². The highest BCUT2D eigenvalue weighted by atomic mass is 16.7. The number of imide groups is 1. The second-order valence-electron chi connectivity index (χ2n) is 4.25. The zero-order valence-electron chi connectivity index (χ0n) is 10.3. The topological polar surface area (TPSA) is 87.5 Å². The second kappa shape index (κ2) is 5.05. The molecule has 0 radical (unpaired) electrons. The number of hydrogen-bond donors (Lipinski definition) is 1. The van der Waals surface area contributed by atoms with Gasteiger partial charge in [-0.05, 0) is 0 Å². The molecule has 0 saturated carbocycles. The summed E-state index contributed by atoms with van der Waals surface area (Å²) in [5.74, 6) is -2.64. The number of carbonyl (C=O) groups is 3. The smallest absolute Gasteiger partial charge is 0.323 e. The Morgan fingerprint density at radius 1 is 1.32 bits per heavy atom. The summed E-state index contributed by atoms with van der Waals surface area (Å²) in [6.07, 6.45) is 0.0186. The Bertz CT molecular complexity index is 558. The lowest BCUT2D eigenvalue weighted by Gasteiger charge is -2.13. The summed E-state index contributed by atoms with van der Waals surface area (Å²) >= 11 is 0. The lowest BCUT2D eigenvalue weighted by Crippen LogP contribution is -2.35. The molecule has 1 aliphatic heterocycles. The molecule has 7 heteroatoms. The highest BCUT2D eigenvalue weighted by Crippen LogP contribution is 2.21. The van der Waals surface area contributed by atoms with Gasteiger partial charge in [0.1, 0.15) is 13.6 Å². The van der Waals surface area contributed by atoms with Crippen LogP contribution in [-0.2, 0) is 19.2 Å². The van der Waals surface area contributed by atoms with Crippen LogP contribution >= 0.6 is 0 Å². The predicted octanol–water partition coefficient (Wildman–Crippen LogP) is -0.307. The van der Waals surface area contributed by atoms with Crippen LogP contribution in [0.4, 0.5) is 0 Å². The van der Waals surface area contributed by atoms with Crippen molar-refractivity contribution in [2.45, 2.75) is 12.2 Å². The van der Waals surface area contributed by atoms with Crippen LogP contribution in [0.15, 0.2) is 30.3 Å². The predicted molar refractivity (Wildman–Crippen MR) is 68.1 cm³/mol. The maximum atomic E-state index is 11.7. The number of nitrogens with one attached hydrogen (secondary N) is 1. The van der Waals surface area contributed by atoms with Gasteiger partial charge in [0, 0.05) is 17.8 Å². The number of hydroxylamine groups is 2. The first-order valence-electron chi connectivity index (χ1n) is 5.73. The van der Waals surface area contributed by atoms with Gasteiger partial charge >= 0.3 is 5.97 Å². The first-order chi connectivity index (χ1) is 9.00. The summed E-state index contributed by atoms with van der Waals surface area (Å²) in [6, 6.07) is 8.23. The van der Waals surface area contributed by atoms with E-state index >= 15 is 0 Å². The second-order valence-corrected chi connectivity index (χ2v) is 4.25. The summed E-state index contributed by atoms with van der Waals surface area (Å²) in [7, 11) is 1.58. The van der Waals surface area contributed by atoms with Crippen LogP contribution in [0.1, 0.15) is 12.0 Å². The molecule has 1 fully saturated rings. The zero-order chi connectivity index (χ0) is 14.0. The van der Waals surface area contributed by atoms with Crippen LogP contribution in [0.5, 0.6) is 0 Å². The van der Waals surface area contributed by atoms with Gasteiger partial charge in [-0.25, -0.2) is 4.79 Å². The quantitative estimate of drug-likeness (QED) is 0.457. The van der Waals surface area contributed by atoms with Gasteiger partial charge in [0.15, 0.2) is 0 Å². The van der Waals surface area contributed by atoms with Gasteiger partial charge in [0.25, 0.3) is 11.8 Å². The third-order valence-electron chi connectivity index (χ3n) is 2.77. The van der Waals surface area contributed by atoms with Crippen molar-refractivity contribution in [3.8, 4) is 0 Å². The summed E-state index contributed by atoms with van der Waals surface area (Å²) in [6.45, 7) is 0. The van der Waals surface area contributed by atoms with Crippen LogP contribution < -0.4 is 0 Å². The average molecular weight is 258 g/mol. The molecule has 6 nitrogen and oxygen atoms in total. The van der Waals surface area contributed by atoms with E-state index < -0.39 is 29.3 Å². The van der Waals surface area contributed by atoms with Crippen LogP contribution in [-0.4, -0.2) is 36.4 Å². The Labute approximate surface area is 110 Å². The SMILES string of the molecule is BC1CC(=O)N(OC(=O)C(=N)c2ccccc2)C1=O. The molecule has 19 heavy (non-hydrogen) atoms. The Kier molecular flexibility index (Phi) is 3.46. The molecule has 0 bridgehead atoms. The van der Waals surface area contributed by atoms with E-state index in [0.717, 1.165) is 0 Å². The van der Waals surface area contributed by atoms with Gasteiger partial charge in [0.2, 0.25) is 0 Å². The van der Waals surface area contributed by atoms with Crippen molar-refractivity contribution in [1.29, 1.82) is 5.41 Å². The molecule has 1 atom stereocenters. The van der Waals surface area contributed by atoms with E-state index in [4.69, 9.17) is 10.2 Å². The monoisotopic (exact) mass is 258 g/mol. The van der Waals surface area contributed by atoms with Gasteiger partial charge in [-0.15, -0.1) is 5.06 Å². The molecule has 2 rings (SSSR count). The molecule has 1 saturated heterocycles. The van der Waals surface area contributed by atoms with E-state index in [1.165, 1.54) is 0 Å². The van der Waals surface area contributed by atoms with E-state index in [1.54, 1.807) is 38.2 Å². The van der Waals surface area contributed by atoms with Gasteiger partial charge < -0.3 is 4.84 Å². The molecule has 2 amide bonds. The van der Waals surface area contributed by atoms with E-state index in [2.05, 4.69) is 0 Å². The number of benzene rings is 1. The standard InChI is InChI=1S/C12H11BN2O4/c13-8-6-9(16)15(11(8)17)19-12(18)10(14)7-4-2-1-3-5-7/h1-5,8,14H,6,13H2. The van der Waals surface area contributed by atoms with Gasteiger partial charge in [-0.2, -0.15) is 0 Å². The summed E-state index contributed by atoms with van der Waals surface area (Å²) in [5, 5.41) is 8.11. The fraction of sp³-hybridized carbons (Fsp3) is 0.167. The van der Waals surface area contributed by atoms with Gasteiger partial charge in [-0.3, -0.25) is 15.0 Å². The Balaban J connectivity index is 2.08. The lowest BCUT2D eigenvalue weighted by molar-refractivity contribution is -0.192. The Morgan fingerprint density at radius 3 is 2.47 bits per heavy atom. The fourth-order valence-corrected chi connectivity index (χ4v) is 1.70. The van der Waals surface area contributed by atoms with Crippen molar-refractivity contribution < 1.29 is 19.2 Å². The number of amides is 2. The van der Waals surface area contributed by atoms with E-state index in [0.29, 0.717) is 10.6 Å². The minimum Gasteiger partial charge on any atom is -0.323 e. The third-order valence-corrected chi connectivity index (χ3v) is 2.77. The summed E-state index contributed by atoms with van der Waals surface area (Å²) in [4.78, 5) is 39.4. The summed E-state index contributed by atoms with van der Waals surface area (Å²) in [5.41, 5.74) is -0.0413. The van der Waals surface area contributed by atoms with Gasteiger partial charge in [-0.1, -0.05) is 30.3 Å². The number of rotatable bonds is 3. The van der Waals surface area contributed by atoms with Crippen molar-refractivity contribution in [3.05, 3.63) is 35.9 Å². The molecule has 1 aliphatic rings. The largest absolute Gasteiger partial charge is 0.382 e. The molecular formula is C12H11BN2O4. The lowest BCUT2D eigenvalue weighted by atomic mass is 9.86. The highest BCUT2D eigenvalue weighted by Gasteiger charge is 2.39. The maximum Gasteiger partial charge on any atom is 0.382 e. The first-order valence-corrected chi connectivity index (χ1v) is 5.73. The average Bonchev–Trinajstić information content (AvgIpc) is 2.65. The van der Waals surface area contributed by atoms with Crippen molar-refractivity contribution in [2.24, 2.45) is 0 Å². The molecular weight excluding hydrogens is 247 g/mol. The van der Waals surface area contributed by atoms with Crippen LogP contribution in [0, 0.1) is 5.41 Å². The van der Waals surface area contributed by atoms with Crippen molar-refractivity contribution in [1.82, 2.24) is 5.06 Å². The van der Waals surface area contributed by atoms with Crippen LogP contribution in [0.2, 0.25) is 5.82 Å². The summed E-state index contributed by atoms with van der Waals surface area (Å²) < 4.78 is 0. The van der Waals surface area contributed by atoms with Crippen molar-refractivity contribution in [2.75, 3.05) is 0 Å². The highest BCUT2D eigenvalue weighted by molar-refractivity contribution is 6.42. The minimum absolute atomic E-state index is 0.0186. The molecule has 0 aromatic heterocycles. The number of nitrogens with zero attached hydrogens (tertiary/aromatic N) is 1. The van der Waals surface area contributed by atoms with Crippen LogP contribution in [0.3, 0.4) is 0 Å². The molecule has 0 aliphatic carbocycles. The third kappa shape index (κ3) is 2.54. The van der Waals surface area contributed by atoms with Gasteiger partial charge in [0.05, 0.1) is 0 Å². The Hall–Kier alpha value is -2.44. The van der Waals surface area contributed by atoms with E-state index in [1.807, 2.05) is 0 Å². The number of hydrogen-bond acceptors (Lipinski definition) is 5. The van der Waals surface area contributed by atoms with Crippen molar-refractivity contribution >= 4 is 31.3 Å². The molecule has 96 valence electrons. The molecule has 0 spiro atoms. The molecule has 1 heterocycles. The van der Waals surface area contributed by atoms with Crippen LogP contribution in [0.25, 0.3) is 0 Å². The number of carbonyl (C=O) groups excluding carboxylic acids is 3. The van der Waals surface area contributed by atoms with E-state index in [-0.39, 0.29) is 6.42 Å². The molecule has 1 N–H and O–H groups in total. The normalized spacial score (nSPS) is 18.5. The molecule has 1 aromatic carbocycles. The first kappa shape index (κ1) is 13.0. The minimum atomic E-state index is -1.03. The fourth-order valence-electron chi connectivity index (χ4n) is 1.70. The zero-order valence-corrected chi connectivity index (χ0v) is 10.3. The maximum absolute atomic E-state index is 11.7. The molecule has 1 aromatic rings. The Morgan fingerprint density at radius 2 is 1.95 bits per heavy atom.